The summed E-state index contributed by atoms with van der Waals surface area (Å²) in [6.45, 7) is 0. The van der Waals surface area contributed by atoms with Gasteiger partial charge in [-0.25, -0.2) is 9.78 Å². The number of fused-ring (bicyclic) bond motifs is 3. The molecule has 21 heavy (non-hydrogen) atoms. The second-order valence-corrected chi connectivity index (χ2v) is 4.70. The van der Waals surface area contributed by atoms with E-state index < -0.39 is 0 Å². The zero-order valence-corrected chi connectivity index (χ0v) is 11.0. The third-order valence-corrected chi connectivity index (χ3v) is 3.40. The molecule has 0 saturated carbocycles. The van der Waals surface area contributed by atoms with Crippen molar-refractivity contribution in [3.8, 4) is 11.5 Å². The maximum atomic E-state index is 12.2. The molecule has 4 nitrogen and oxygen atoms in total. The van der Waals surface area contributed by atoms with E-state index in [0.717, 1.165) is 16.5 Å². The lowest BCUT2D eigenvalue weighted by Crippen LogP contribution is -2.03. The molecule has 0 aliphatic heterocycles. The van der Waals surface area contributed by atoms with E-state index in [0.29, 0.717) is 16.8 Å². The number of hydrogen-bond acceptors (Lipinski definition) is 4. The van der Waals surface area contributed by atoms with Crippen molar-refractivity contribution in [3.05, 3.63) is 71.2 Å². The maximum Gasteiger partial charge on any atom is 0.347 e. The average molecular weight is 274 g/mol. The van der Waals surface area contributed by atoms with Crippen LogP contribution >= 0.6 is 0 Å². The van der Waals surface area contributed by atoms with Crippen LogP contribution in [0.1, 0.15) is 0 Å². The van der Waals surface area contributed by atoms with Crippen LogP contribution in [0.2, 0.25) is 0 Å². The van der Waals surface area contributed by atoms with Crippen LogP contribution in [0.15, 0.2) is 70.0 Å². The average Bonchev–Trinajstić information content (AvgIpc) is 2.55. The molecule has 0 radical (unpaired) electrons. The van der Waals surface area contributed by atoms with E-state index in [4.69, 9.17) is 4.42 Å². The highest BCUT2D eigenvalue weighted by molar-refractivity contribution is 6.03. The van der Waals surface area contributed by atoms with Gasteiger partial charge in [-0.1, -0.05) is 18.2 Å². The molecule has 2 aromatic carbocycles. The van der Waals surface area contributed by atoms with Gasteiger partial charge >= 0.3 is 5.63 Å². The number of hydrogen-bond donors (Lipinski definition) is 0. The van der Waals surface area contributed by atoms with Gasteiger partial charge in [0.2, 0.25) is 5.89 Å². The molecule has 0 saturated heterocycles. The van der Waals surface area contributed by atoms with Crippen molar-refractivity contribution in [1.82, 2.24) is 9.97 Å². The summed E-state index contributed by atoms with van der Waals surface area (Å²) in [5, 5.41) is 1.32. The topological polar surface area (TPSA) is 56.0 Å². The minimum Gasteiger partial charge on any atom is -0.403 e. The van der Waals surface area contributed by atoms with Gasteiger partial charge < -0.3 is 4.42 Å². The third-order valence-electron chi connectivity index (χ3n) is 3.40. The molecule has 0 atom stereocenters. The first kappa shape index (κ1) is 11.8. The standard InChI is InChI=1S/C17H10N2O2/c20-17-13-8-9-14-12(7-4-10-18-14)15(13)19-16(21-17)11-5-2-1-3-6-11/h1-10H. The van der Waals surface area contributed by atoms with Gasteiger partial charge in [0.25, 0.3) is 0 Å². The van der Waals surface area contributed by atoms with Crippen molar-refractivity contribution in [2.75, 3.05) is 0 Å². The largest absolute Gasteiger partial charge is 0.403 e. The summed E-state index contributed by atoms with van der Waals surface area (Å²) in [7, 11) is 0. The first-order valence-electron chi connectivity index (χ1n) is 6.57. The fraction of sp³-hybridized carbons (Fsp3) is 0. The molecule has 4 heteroatoms. The highest BCUT2D eigenvalue weighted by Gasteiger charge is 2.11. The van der Waals surface area contributed by atoms with Crippen molar-refractivity contribution in [3.63, 3.8) is 0 Å². The smallest absolute Gasteiger partial charge is 0.347 e. The van der Waals surface area contributed by atoms with Gasteiger partial charge in [-0.15, -0.1) is 0 Å². The normalized spacial score (nSPS) is 11.0. The molecule has 0 unspecified atom stereocenters. The fourth-order valence-corrected chi connectivity index (χ4v) is 2.39. The Hall–Kier alpha value is -3.01. The number of aromatic nitrogens is 2. The zero-order valence-electron chi connectivity index (χ0n) is 11.0. The van der Waals surface area contributed by atoms with E-state index in [1.165, 1.54) is 0 Å². The SMILES string of the molecule is O=c1oc(-c2ccccc2)nc2c1ccc1ncccc12. The quantitative estimate of drug-likeness (QED) is 0.499. The molecule has 4 aromatic rings. The number of benzene rings is 2. The second-order valence-electron chi connectivity index (χ2n) is 4.70. The Morgan fingerprint density at radius 2 is 1.71 bits per heavy atom. The van der Waals surface area contributed by atoms with E-state index in [1.54, 1.807) is 18.3 Å². The summed E-state index contributed by atoms with van der Waals surface area (Å²) in [4.78, 5) is 21.0. The summed E-state index contributed by atoms with van der Waals surface area (Å²) in [5.41, 5.74) is 1.82. The van der Waals surface area contributed by atoms with Gasteiger partial charge in [-0.05, 0) is 36.4 Å². The van der Waals surface area contributed by atoms with Gasteiger partial charge in [-0.2, -0.15) is 0 Å². The molecule has 0 N–H and O–H groups in total. The van der Waals surface area contributed by atoms with Crippen LogP contribution in [0.4, 0.5) is 0 Å². The van der Waals surface area contributed by atoms with Gasteiger partial charge in [0.05, 0.1) is 16.4 Å². The summed E-state index contributed by atoms with van der Waals surface area (Å²) in [6, 6.07) is 16.6. The van der Waals surface area contributed by atoms with Crippen LogP contribution in [0.25, 0.3) is 33.3 Å². The van der Waals surface area contributed by atoms with Gasteiger partial charge in [-0.3, -0.25) is 4.98 Å². The Morgan fingerprint density at radius 1 is 0.857 bits per heavy atom. The first-order chi connectivity index (χ1) is 10.3. The van der Waals surface area contributed by atoms with E-state index in [9.17, 15) is 4.79 Å². The van der Waals surface area contributed by atoms with Crippen molar-refractivity contribution >= 4 is 21.8 Å². The van der Waals surface area contributed by atoms with Crippen molar-refractivity contribution in [1.29, 1.82) is 0 Å². The maximum absolute atomic E-state index is 12.2. The molecule has 0 aliphatic carbocycles. The molecule has 2 aromatic heterocycles. The Kier molecular flexibility index (Phi) is 2.54. The number of nitrogens with zero attached hydrogens (tertiary/aromatic N) is 2. The lowest BCUT2D eigenvalue weighted by Gasteiger charge is -2.04. The molecular weight excluding hydrogens is 264 g/mol. The highest BCUT2D eigenvalue weighted by Crippen LogP contribution is 2.23. The molecule has 2 heterocycles. The highest BCUT2D eigenvalue weighted by atomic mass is 16.4. The van der Waals surface area contributed by atoms with Crippen molar-refractivity contribution in [2.24, 2.45) is 0 Å². The van der Waals surface area contributed by atoms with E-state index in [-0.39, 0.29) is 5.63 Å². The molecule has 0 aliphatic rings. The van der Waals surface area contributed by atoms with E-state index in [1.807, 2.05) is 42.5 Å². The zero-order chi connectivity index (χ0) is 14.2. The Labute approximate surface area is 119 Å². The fourth-order valence-electron chi connectivity index (χ4n) is 2.39. The summed E-state index contributed by atoms with van der Waals surface area (Å²) in [5.74, 6) is 0.324. The van der Waals surface area contributed by atoms with Crippen LogP contribution in [0.3, 0.4) is 0 Å². The summed E-state index contributed by atoms with van der Waals surface area (Å²) in [6.07, 6.45) is 1.72. The van der Waals surface area contributed by atoms with Crippen LogP contribution in [0.5, 0.6) is 0 Å². The number of rotatable bonds is 1. The molecule has 0 amide bonds. The van der Waals surface area contributed by atoms with Crippen molar-refractivity contribution < 1.29 is 4.42 Å². The Bertz CT molecular complexity index is 1010. The predicted octanol–water partition coefficient (Wildman–Crippen LogP) is 3.40. The third kappa shape index (κ3) is 1.89. The van der Waals surface area contributed by atoms with Gasteiger partial charge in [0, 0.05) is 17.1 Å². The Morgan fingerprint density at radius 3 is 2.57 bits per heavy atom. The lowest BCUT2D eigenvalue weighted by molar-refractivity contribution is 0.518. The number of pyridine rings is 1. The van der Waals surface area contributed by atoms with Crippen LogP contribution in [0, 0.1) is 0 Å². The van der Waals surface area contributed by atoms with Crippen LogP contribution < -0.4 is 5.63 Å². The molecule has 100 valence electrons. The van der Waals surface area contributed by atoms with Gasteiger partial charge in [0.1, 0.15) is 0 Å². The van der Waals surface area contributed by atoms with Crippen LogP contribution in [-0.2, 0) is 0 Å². The molecule has 4 rings (SSSR count). The van der Waals surface area contributed by atoms with E-state index >= 15 is 0 Å². The van der Waals surface area contributed by atoms with Gasteiger partial charge in [0.15, 0.2) is 0 Å². The molecule has 0 spiro atoms. The summed E-state index contributed by atoms with van der Waals surface area (Å²) >= 11 is 0. The predicted molar refractivity (Wildman–Crippen MR) is 81.0 cm³/mol. The lowest BCUT2D eigenvalue weighted by atomic mass is 10.1. The monoisotopic (exact) mass is 274 g/mol. The minimum absolute atomic E-state index is 0.324. The Balaban J connectivity index is 2.13. The van der Waals surface area contributed by atoms with Crippen LogP contribution in [-0.4, -0.2) is 9.97 Å². The first-order valence-corrected chi connectivity index (χ1v) is 6.57. The second kappa shape index (κ2) is 4.52. The minimum atomic E-state index is -0.385. The van der Waals surface area contributed by atoms with Crippen molar-refractivity contribution in [2.45, 2.75) is 0 Å². The molecular formula is C17H10N2O2. The molecule has 0 fully saturated rings. The summed E-state index contributed by atoms with van der Waals surface area (Å²) < 4.78 is 5.34. The van der Waals surface area contributed by atoms with E-state index in [2.05, 4.69) is 9.97 Å². The molecule has 0 bridgehead atoms.